The summed E-state index contributed by atoms with van der Waals surface area (Å²) < 4.78 is 0.752. The molecule has 1 heterocycles. The summed E-state index contributed by atoms with van der Waals surface area (Å²) >= 11 is 7.29. The first-order chi connectivity index (χ1) is 6.63. The van der Waals surface area contributed by atoms with E-state index in [0.29, 0.717) is 13.1 Å². The van der Waals surface area contributed by atoms with E-state index in [-0.39, 0.29) is 5.91 Å². The third kappa shape index (κ3) is 3.16. The van der Waals surface area contributed by atoms with Gasteiger partial charge in [0.05, 0.1) is 10.9 Å². The molecule has 1 amide bonds. The van der Waals surface area contributed by atoms with E-state index in [9.17, 15) is 4.79 Å². The smallest absolute Gasteiger partial charge is 0.220 e. The molecule has 0 spiro atoms. The van der Waals surface area contributed by atoms with Crippen molar-refractivity contribution in [2.75, 3.05) is 6.54 Å². The third-order valence-electron chi connectivity index (χ3n) is 1.77. The Labute approximate surface area is 92.8 Å². The van der Waals surface area contributed by atoms with Crippen molar-refractivity contribution in [1.82, 2.24) is 4.90 Å². The number of carbonyl (C=O) groups is 1. The summed E-state index contributed by atoms with van der Waals surface area (Å²) in [6, 6.07) is 3.78. The predicted octanol–water partition coefficient (Wildman–Crippen LogP) is 2.94. The Morgan fingerprint density at radius 3 is 2.86 bits per heavy atom. The molecule has 0 saturated carbocycles. The molecule has 0 unspecified atom stereocenters. The van der Waals surface area contributed by atoms with Crippen molar-refractivity contribution in [2.45, 2.75) is 13.5 Å². The average molecular weight is 230 g/mol. The maximum Gasteiger partial charge on any atom is 0.220 e. The molecule has 0 fully saturated rings. The van der Waals surface area contributed by atoms with E-state index in [1.165, 1.54) is 11.3 Å². The van der Waals surface area contributed by atoms with Gasteiger partial charge in [-0.15, -0.1) is 17.9 Å². The number of halogens is 1. The van der Waals surface area contributed by atoms with Crippen molar-refractivity contribution < 1.29 is 4.79 Å². The van der Waals surface area contributed by atoms with Crippen LogP contribution in [0.4, 0.5) is 0 Å². The van der Waals surface area contributed by atoms with Gasteiger partial charge < -0.3 is 4.90 Å². The van der Waals surface area contributed by atoms with Crippen molar-refractivity contribution >= 4 is 28.8 Å². The molecule has 1 rings (SSSR count). The second kappa shape index (κ2) is 5.17. The van der Waals surface area contributed by atoms with Crippen LogP contribution >= 0.6 is 22.9 Å². The topological polar surface area (TPSA) is 20.3 Å². The summed E-state index contributed by atoms with van der Waals surface area (Å²) in [5.41, 5.74) is 0. The fourth-order valence-electron chi connectivity index (χ4n) is 1.09. The number of thiophene rings is 1. The van der Waals surface area contributed by atoms with Gasteiger partial charge in [0, 0.05) is 18.3 Å². The molecular weight excluding hydrogens is 218 g/mol. The minimum atomic E-state index is 0.0504. The lowest BCUT2D eigenvalue weighted by atomic mass is 10.4. The van der Waals surface area contributed by atoms with Gasteiger partial charge in [-0.25, -0.2) is 0 Å². The largest absolute Gasteiger partial charge is 0.334 e. The Bertz CT molecular complexity index is 335. The van der Waals surface area contributed by atoms with Crippen LogP contribution in [0.3, 0.4) is 0 Å². The third-order valence-corrected chi connectivity index (χ3v) is 2.99. The van der Waals surface area contributed by atoms with Crippen molar-refractivity contribution in [2.24, 2.45) is 0 Å². The molecule has 14 heavy (non-hydrogen) atoms. The monoisotopic (exact) mass is 229 g/mol. The number of nitrogens with zero attached hydrogens (tertiary/aromatic N) is 1. The summed E-state index contributed by atoms with van der Waals surface area (Å²) in [7, 11) is 0. The van der Waals surface area contributed by atoms with E-state index < -0.39 is 0 Å². The standard InChI is InChI=1S/C10H12ClNOS/c1-3-6-12(8(2)13)7-9-4-5-10(11)14-9/h3-5H,1,6-7H2,2H3. The van der Waals surface area contributed by atoms with Gasteiger partial charge in [-0.1, -0.05) is 17.7 Å². The van der Waals surface area contributed by atoms with Gasteiger partial charge in [0.1, 0.15) is 0 Å². The first-order valence-electron chi connectivity index (χ1n) is 4.24. The van der Waals surface area contributed by atoms with Crippen LogP contribution in [0.1, 0.15) is 11.8 Å². The number of rotatable bonds is 4. The van der Waals surface area contributed by atoms with Crippen LogP contribution in [0.2, 0.25) is 4.34 Å². The van der Waals surface area contributed by atoms with Crippen molar-refractivity contribution in [3.63, 3.8) is 0 Å². The van der Waals surface area contributed by atoms with E-state index >= 15 is 0 Å². The van der Waals surface area contributed by atoms with Gasteiger partial charge in [-0.05, 0) is 12.1 Å². The van der Waals surface area contributed by atoms with Crippen molar-refractivity contribution in [3.05, 3.63) is 34.0 Å². The maximum atomic E-state index is 11.2. The number of hydrogen-bond acceptors (Lipinski definition) is 2. The summed E-state index contributed by atoms with van der Waals surface area (Å²) in [5, 5.41) is 0. The normalized spacial score (nSPS) is 9.86. The van der Waals surface area contributed by atoms with Crippen LogP contribution in [-0.4, -0.2) is 17.4 Å². The number of carbonyl (C=O) groups excluding carboxylic acids is 1. The SMILES string of the molecule is C=CCN(Cc1ccc(Cl)s1)C(C)=O. The Morgan fingerprint density at radius 1 is 1.71 bits per heavy atom. The molecule has 0 aliphatic carbocycles. The van der Waals surface area contributed by atoms with Crippen LogP contribution in [-0.2, 0) is 11.3 Å². The van der Waals surface area contributed by atoms with Gasteiger partial charge in [-0.3, -0.25) is 4.79 Å². The molecule has 76 valence electrons. The molecule has 1 aromatic heterocycles. The van der Waals surface area contributed by atoms with Gasteiger partial charge in [0.2, 0.25) is 5.91 Å². The first-order valence-corrected chi connectivity index (χ1v) is 5.43. The maximum absolute atomic E-state index is 11.2. The molecule has 0 saturated heterocycles. The minimum absolute atomic E-state index is 0.0504. The van der Waals surface area contributed by atoms with Crippen LogP contribution < -0.4 is 0 Å². The Morgan fingerprint density at radius 2 is 2.43 bits per heavy atom. The highest BCUT2D eigenvalue weighted by Gasteiger charge is 2.08. The summed E-state index contributed by atoms with van der Waals surface area (Å²) in [6.07, 6.45) is 1.72. The van der Waals surface area contributed by atoms with E-state index in [1.54, 1.807) is 17.9 Å². The quantitative estimate of drug-likeness (QED) is 0.727. The second-order valence-corrected chi connectivity index (χ2v) is 4.69. The van der Waals surface area contributed by atoms with Crippen molar-refractivity contribution in [3.8, 4) is 0 Å². The lowest BCUT2D eigenvalue weighted by molar-refractivity contribution is -0.128. The van der Waals surface area contributed by atoms with Gasteiger partial charge in [0.25, 0.3) is 0 Å². The van der Waals surface area contributed by atoms with Gasteiger partial charge >= 0.3 is 0 Å². The first kappa shape index (κ1) is 11.3. The lowest BCUT2D eigenvalue weighted by Crippen LogP contribution is -2.27. The molecule has 1 aromatic rings. The molecule has 2 nitrogen and oxygen atoms in total. The van der Waals surface area contributed by atoms with Gasteiger partial charge in [0.15, 0.2) is 0 Å². The summed E-state index contributed by atoms with van der Waals surface area (Å²) in [5.74, 6) is 0.0504. The van der Waals surface area contributed by atoms with E-state index in [2.05, 4.69) is 6.58 Å². The zero-order chi connectivity index (χ0) is 10.6. The molecule has 0 aliphatic rings. The Hall–Kier alpha value is -0.800. The summed E-state index contributed by atoms with van der Waals surface area (Å²) in [4.78, 5) is 14.0. The van der Waals surface area contributed by atoms with Crippen LogP contribution in [0.5, 0.6) is 0 Å². The molecule has 0 radical (unpaired) electrons. The predicted molar refractivity (Wildman–Crippen MR) is 60.6 cm³/mol. The van der Waals surface area contributed by atoms with E-state index in [4.69, 9.17) is 11.6 Å². The molecule has 0 bridgehead atoms. The average Bonchev–Trinajstić information content (AvgIpc) is 2.50. The Kier molecular flexibility index (Phi) is 4.17. The number of amides is 1. The minimum Gasteiger partial charge on any atom is -0.334 e. The highest BCUT2D eigenvalue weighted by atomic mass is 35.5. The highest BCUT2D eigenvalue weighted by Crippen LogP contribution is 2.22. The highest BCUT2D eigenvalue weighted by molar-refractivity contribution is 7.16. The summed E-state index contributed by atoms with van der Waals surface area (Å²) in [6.45, 7) is 6.35. The van der Waals surface area contributed by atoms with Crippen LogP contribution in [0.15, 0.2) is 24.8 Å². The number of hydrogen-bond donors (Lipinski definition) is 0. The molecule has 4 heteroatoms. The van der Waals surface area contributed by atoms with Gasteiger partial charge in [-0.2, -0.15) is 0 Å². The fraction of sp³-hybridized carbons (Fsp3) is 0.300. The van der Waals surface area contributed by atoms with Crippen LogP contribution in [0.25, 0.3) is 0 Å². The molecule has 0 atom stereocenters. The zero-order valence-corrected chi connectivity index (χ0v) is 9.57. The van der Waals surface area contributed by atoms with Crippen LogP contribution in [0, 0.1) is 0 Å². The zero-order valence-electron chi connectivity index (χ0n) is 8.00. The molecule has 0 aliphatic heterocycles. The van der Waals surface area contributed by atoms with E-state index in [1.807, 2.05) is 12.1 Å². The molecular formula is C10H12ClNOS. The molecule has 0 N–H and O–H groups in total. The van der Waals surface area contributed by atoms with E-state index in [0.717, 1.165) is 9.21 Å². The second-order valence-electron chi connectivity index (χ2n) is 2.89. The molecule has 0 aromatic carbocycles. The fourth-order valence-corrected chi connectivity index (χ4v) is 2.19. The van der Waals surface area contributed by atoms with Crippen molar-refractivity contribution in [1.29, 1.82) is 0 Å². The Balaban J connectivity index is 2.64. The lowest BCUT2D eigenvalue weighted by Gasteiger charge is -2.17.